The molecule has 0 atom stereocenters. The largest absolute Gasteiger partial charge is 0.495 e. The van der Waals surface area contributed by atoms with E-state index in [0.29, 0.717) is 24.5 Å². The van der Waals surface area contributed by atoms with Crippen LogP contribution in [-0.4, -0.2) is 53.8 Å². The van der Waals surface area contributed by atoms with Crippen molar-refractivity contribution in [1.29, 1.82) is 0 Å². The number of hydrogen-bond donors (Lipinski definition) is 1. The summed E-state index contributed by atoms with van der Waals surface area (Å²) < 4.78 is 60.2. The lowest BCUT2D eigenvalue weighted by Crippen LogP contribution is -2.38. The van der Waals surface area contributed by atoms with E-state index >= 15 is 0 Å². The fourth-order valence-corrected chi connectivity index (χ4v) is 6.94. The van der Waals surface area contributed by atoms with E-state index in [4.69, 9.17) is 4.74 Å². The Kier molecular flexibility index (Phi) is 7.62. The second kappa shape index (κ2) is 10.7. The number of nitrogens with zero attached hydrogens (tertiary/aromatic N) is 2. The number of carbonyl (C=O) groups is 1. The van der Waals surface area contributed by atoms with Crippen molar-refractivity contribution in [3.63, 3.8) is 0 Å². The molecule has 0 radical (unpaired) electrons. The number of nitrogens with one attached hydrogen (secondary N) is 1. The summed E-state index contributed by atoms with van der Waals surface area (Å²) in [5.41, 5.74) is 0.559. The lowest BCUT2D eigenvalue weighted by Gasteiger charge is -2.25. The Hall–Kier alpha value is -3.41. The fourth-order valence-electron chi connectivity index (χ4n) is 3.97. The Balaban J connectivity index is 1.57. The van der Waals surface area contributed by atoms with Crippen LogP contribution in [0.15, 0.2) is 88.7 Å². The Morgan fingerprint density at radius 1 is 0.861 bits per heavy atom. The minimum Gasteiger partial charge on any atom is -0.495 e. The molecule has 1 amide bonds. The number of benzene rings is 3. The Labute approximate surface area is 211 Å². The highest BCUT2D eigenvalue weighted by molar-refractivity contribution is 7.93. The van der Waals surface area contributed by atoms with Crippen molar-refractivity contribution in [2.75, 3.05) is 36.4 Å². The molecule has 36 heavy (non-hydrogen) atoms. The van der Waals surface area contributed by atoms with Crippen molar-refractivity contribution in [1.82, 2.24) is 4.31 Å². The van der Waals surface area contributed by atoms with Crippen molar-refractivity contribution in [3.8, 4) is 5.75 Å². The number of sulfonamides is 2. The van der Waals surface area contributed by atoms with Gasteiger partial charge in [-0.15, -0.1) is 0 Å². The van der Waals surface area contributed by atoms with E-state index in [1.54, 1.807) is 42.5 Å². The normalized spacial score (nSPS) is 14.4. The van der Waals surface area contributed by atoms with Gasteiger partial charge in [-0.3, -0.25) is 9.10 Å². The van der Waals surface area contributed by atoms with Gasteiger partial charge in [-0.2, -0.15) is 4.31 Å². The molecule has 190 valence electrons. The summed E-state index contributed by atoms with van der Waals surface area (Å²) in [6.45, 7) is 0.469. The molecule has 1 fully saturated rings. The first-order chi connectivity index (χ1) is 17.2. The zero-order valence-electron chi connectivity index (χ0n) is 19.7. The second-order valence-corrected chi connectivity index (χ2v) is 12.0. The molecule has 11 heteroatoms. The molecular weight excluding hydrogens is 502 g/mol. The van der Waals surface area contributed by atoms with Crippen LogP contribution in [0.2, 0.25) is 0 Å². The summed E-state index contributed by atoms with van der Waals surface area (Å²) in [7, 11) is -6.26. The summed E-state index contributed by atoms with van der Waals surface area (Å²) in [4.78, 5) is 13.2. The van der Waals surface area contributed by atoms with Crippen molar-refractivity contribution in [3.05, 3.63) is 78.9 Å². The minimum absolute atomic E-state index is 0.0279. The van der Waals surface area contributed by atoms with E-state index in [1.165, 1.54) is 47.8 Å². The maximum absolute atomic E-state index is 13.5. The number of ether oxygens (including phenoxy) is 1. The van der Waals surface area contributed by atoms with Crippen molar-refractivity contribution >= 4 is 37.3 Å². The lowest BCUT2D eigenvalue weighted by molar-refractivity contribution is -0.114. The van der Waals surface area contributed by atoms with Gasteiger partial charge in [-0.05, 0) is 61.4 Å². The minimum atomic E-state index is -4.10. The second-order valence-electron chi connectivity index (χ2n) is 8.18. The first-order valence-electron chi connectivity index (χ1n) is 11.3. The third-order valence-electron chi connectivity index (χ3n) is 5.81. The Morgan fingerprint density at radius 2 is 1.47 bits per heavy atom. The summed E-state index contributed by atoms with van der Waals surface area (Å²) in [6.07, 6.45) is 1.67. The summed E-state index contributed by atoms with van der Waals surface area (Å²) >= 11 is 0. The monoisotopic (exact) mass is 529 g/mol. The molecule has 0 saturated carbocycles. The molecule has 1 saturated heterocycles. The molecule has 1 heterocycles. The third kappa shape index (κ3) is 5.38. The van der Waals surface area contributed by atoms with Gasteiger partial charge in [-0.25, -0.2) is 16.8 Å². The summed E-state index contributed by atoms with van der Waals surface area (Å²) in [5, 5.41) is 2.66. The number of rotatable bonds is 9. The van der Waals surface area contributed by atoms with Gasteiger partial charge in [0.15, 0.2) is 0 Å². The molecule has 9 nitrogen and oxygen atoms in total. The first kappa shape index (κ1) is 25.7. The van der Waals surface area contributed by atoms with Crippen molar-refractivity contribution in [2.45, 2.75) is 22.6 Å². The molecule has 0 unspecified atom stereocenters. The maximum atomic E-state index is 13.5. The molecule has 0 spiro atoms. The average Bonchev–Trinajstić information content (AvgIpc) is 3.44. The van der Waals surface area contributed by atoms with Gasteiger partial charge >= 0.3 is 0 Å². The van der Waals surface area contributed by atoms with Crippen LogP contribution in [0.3, 0.4) is 0 Å². The molecule has 0 aliphatic carbocycles. The highest BCUT2D eigenvalue weighted by Gasteiger charge is 2.30. The number of anilines is 2. The van der Waals surface area contributed by atoms with Gasteiger partial charge in [0, 0.05) is 18.8 Å². The molecule has 0 bridgehead atoms. The van der Waals surface area contributed by atoms with Crippen LogP contribution in [0.4, 0.5) is 11.4 Å². The van der Waals surface area contributed by atoms with Gasteiger partial charge in [0.05, 0.1) is 22.6 Å². The standard InChI is InChI=1S/C25H27N3O6S2/c1-34-24-12-6-5-11-23(24)28(36(32,33)21-9-3-2-4-10-21)19-25(29)26-20-13-15-22(16-14-20)35(30,31)27-17-7-8-18-27/h2-6,9-16H,7-8,17-19H2,1H3,(H,26,29). The molecule has 0 aromatic heterocycles. The highest BCUT2D eigenvalue weighted by atomic mass is 32.2. The molecular formula is C25H27N3O6S2. The van der Waals surface area contributed by atoms with Gasteiger partial charge in [0.25, 0.3) is 10.0 Å². The number of methoxy groups -OCH3 is 1. The van der Waals surface area contributed by atoms with Gasteiger partial charge in [0.2, 0.25) is 15.9 Å². The first-order valence-corrected chi connectivity index (χ1v) is 14.2. The molecule has 1 aliphatic heterocycles. The zero-order chi connectivity index (χ0) is 25.8. The lowest BCUT2D eigenvalue weighted by atomic mass is 10.3. The SMILES string of the molecule is COc1ccccc1N(CC(=O)Nc1ccc(S(=O)(=O)N2CCCC2)cc1)S(=O)(=O)c1ccccc1. The van der Waals surface area contributed by atoms with Crippen molar-refractivity contribution < 1.29 is 26.4 Å². The molecule has 4 rings (SSSR count). The van der Waals surface area contributed by atoms with Gasteiger partial charge in [-0.1, -0.05) is 30.3 Å². The number of para-hydroxylation sites is 2. The average molecular weight is 530 g/mol. The predicted molar refractivity (Wildman–Crippen MR) is 137 cm³/mol. The van der Waals surface area contributed by atoms with Crippen LogP contribution in [0.1, 0.15) is 12.8 Å². The van der Waals surface area contributed by atoms with E-state index in [1.807, 2.05) is 0 Å². The Morgan fingerprint density at radius 3 is 2.11 bits per heavy atom. The van der Waals surface area contributed by atoms with Gasteiger partial charge in [0.1, 0.15) is 12.3 Å². The third-order valence-corrected chi connectivity index (χ3v) is 9.50. The smallest absolute Gasteiger partial charge is 0.264 e. The number of hydrogen-bond acceptors (Lipinski definition) is 6. The van der Waals surface area contributed by atoms with Crippen molar-refractivity contribution in [2.24, 2.45) is 0 Å². The van der Waals surface area contributed by atoms with Gasteiger partial charge < -0.3 is 10.1 Å². The van der Waals surface area contributed by atoms with Crippen LogP contribution < -0.4 is 14.4 Å². The van der Waals surface area contributed by atoms with E-state index < -0.39 is 32.5 Å². The van der Waals surface area contributed by atoms with Crippen LogP contribution in [0.5, 0.6) is 5.75 Å². The van der Waals surface area contributed by atoms with Crippen LogP contribution in [-0.2, 0) is 24.8 Å². The molecule has 3 aromatic rings. The molecule has 3 aromatic carbocycles. The van der Waals surface area contributed by atoms with E-state index in [9.17, 15) is 21.6 Å². The van der Waals surface area contributed by atoms with Crippen LogP contribution in [0.25, 0.3) is 0 Å². The summed E-state index contributed by atoms with van der Waals surface area (Å²) in [5.74, 6) is -0.308. The van der Waals surface area contributed by atoms with Crippen LogP contribution >= 0.6 is 0 Å². The fraction of sp³-hybridized carbons (Fsp3) is 0.240. The van der Waals surface area contributed by atoms with Crippen LogP contribution in [0, 0.1) is 0 Å². The van der Waals surface area contributed by atoms with E-state index in [-0.39, 0.29) is 15.5 Å². The van der Waals surface area contributed by atoms with E-state index in [0.717, 1.165) is 17.1 Å². The number of amides is 1. The maximum Gasteiger partial charge on any atom is 0.264 e. The van der Waals surface area contributed by atoms with E-state index in [2.05, 4.69) is 5.32 Å². The highest BCUT2D eigenvalue weighted by Crippen LogP contribution is 2.32. The molecule has 1 aliphatic rings. The number of carbonyl (C=O) groups excluding carboxylic acids is 1. The zero-order valence-corrected chi connectivity index (χ0v) is 21.3. The topological polar surface area (TPSA) is 113 Å². The predicted octanol–water partition coefficient (Wildman–Crippen LogP) is 3.31. The quantitative estimate of drug-likeness (QED) is 0.455. The molecule has 1 N–H and O–H groups in total. The Bertz CT molecular complexity index is 1420. The summed E-state index contributed by atoms with van der Waals surface area (Å²) in [6, 6.07) is 20.2.